The first-order chi connectivity index (χ1) is 6.83. The van der Waals surface area contributed by atoms with E-state index < -0.39 is 17.9 Å². The van der Waals surface area contributed by atoms with Crippen LogP contribution in [0.3, 0.4) is 0 Å². The minimum absolute atomic E-state index is 0.0518. The first-order valence-corrected chi connectivity index (χ1v) is 4.26. The molecule has 84 valence electrons. The van der Waals surface area contributed by atoms with E-state index in [9.17, 15) is 17.6 Å². The first-order valence-electron chi connectivity index (χ1n) is 3.73. The van der Waals surface area contributed by atoms with Gasteiger partial charge in [-0.05, 0) is 11.6 Å². The molecule has 0 aliphatic rings. The van der Waals surface area contributed by atoms with Gasteiger partial charge in [0.25, 0.3) is 0 Å². The molecule has 0 radical (unpaired) electrons. The van der Waals surface area contributed by atoms with Gasteiger partial charge < -0.3 is 10.5 Å². The second-order valence-electron chi connectivity index (χ2n) is 2.66. The highest BCUT2D eigenvalue weighted by atomic mass is 35.5. The van der Waals surface area contributed by atoms with Crippen LogP contribution in [0.4, 0.5) is 23.2 Å². The Morgan fingerprint density at radius 1 is 1.33 bits per heavy atom. The number of hydrogen-bond acceptors (Lipinski definition) is 2. The van der Waals surface area contributed by atoms with E-state index in [0.29, 0.717) is 6.07 Å². The fourth-order valence-electron chi connectivity index (χ4n) is 0.967. The van der Waals surface area contributed by atoms with Gasteiger partial charge in [-0.25, -0.2) is 4.39 Å². The molecule has 0 bridgehead atoms. The van der Waals surface area contributed by atoms with Crippen molar-refractivity contribution in [1.29, 1.82) is 0 Å². The highest BCUT2D eigenvalue weighted by Crippen LogP contribution is 2.32. The summed E-state index contributed by atoms with van der Waals surface area (Å²) in [6.45, 7) is 0. The molecule has 0 atom stereocenters. The van der Waals surface area contributed by atoms with Crippen LogP contribution in [0.1, 0.15) is 5.56 Å². The molecule has 1 aromatic carbocycles. The minimum atomic E-state index is -4.91. The third-order valence-corrected chi connectivity index (χ3v) is 1.85. The summed E-state index contributed by atoms with van der Waals surface area (Å²) in [5.74, 6) is -1.87. The maximum atomic E-state index is 12.8. The van der Waals surface area contributed by atoms with Crippen LogP contribution in [0, 0.1) is 5.82 Å². The van der Waals surface area contributed by atoms with Crippen LogP contribution in [-0.4, -0.2) is 6.36 Å². The number of anilines is 1. The van der Waals surface area contributed by atoms with E-state index in [1.165, 1.54) is 0 Å². The van der Waals surface area contributed by atoms with E-state index in [4.69, 9.17) is 17.3 Å². The van der Waals surface area contributed by atoms with Crippen LogP contribution in [0.5, 0.6) is 5.75 Å². The second-order valence-corrected chi connectivity index (χ2v) is 2.93. The van der Waals surface area contributed by atoms with Gasteiger partial charge in [-0.15, -0.1) is 24.8 Å². The monoisotopic (exact) mass is 243 g/mol. The fraction of sp³-hybridized carbons (Fsp3) is 0.250. The lowest BCUT2D eigenvalue weighted by Gasteiger charge is -2.13. The molecule has 2 N–H and O–H groups in total. The summed E-state index contributed by atoms with van der Waals surface area (Å²) < 4.78 is 51.9. The molecule has 0 spiro atoms. The Kier molecular flexibility index (Phi) is 3.28. The zero-order valence-corrected chi connectivity index (χ0v) is 7.99. The number of halogens is 5. The molecule has 1 rings (SSSR count). The Morgan fingerprint density at radius 3 is 2.40 bits per heavy atom. The smallest absolute Gasteiger partial charge is 0.403 e. The molecule has 0 fully saturated rings. The molecular formula is C8H6ClF4NO. The van der Waals surface area contributed by atoms with Crippen LogP contribution in [-0.2, 0) is 5.88 Å². The topological polar surface area (TPSA) is 35.2 Å². The van der Waals surface area contributed by atoms with Crippen LogP contribution >= 0.6 is 11.6 Å². The molecule has 0 unspecified atom stereocenters. The minimum Gasteiger partial charge on any atom is -0.403 e. The molecule has 0 saturated carbocycles. The van der Waals surface area contributed by atoms with Crippen molar-refractivity contribution in [3.63, 3.8) is 0 Å². The molecule has 0 aliphatic heterocycles. The number of ether oxygens (including phenoxy) is 1. The molecule has 15 heavy (non-hydrogen) atoms. The average Bonchev–Trinajstić information content (AvgIpc) is 2.08. The molecular weight excluding hydrogens is 238 g/mol. The van der Waals surface area contributed by atoms with Crippen molar-refractivity contribution in [2.75, 3.05) is 5.73 Å². The maximum absolute atomic E-state index is 12.8. The molecule has 0 saturated heterocycles. The number of nitrogens with two attached hydrogens (primary N) is 1. The Hall–Kier alpha value is -1.17. The highest BCUT2D eigenvalue weighted by molar-refractivity contribution is 6.17. The number of alkyl halides is 4. The van der Waals surface area contributed by atoms with E-state index >= 15 is 0 Å². The maximum Gasteiger partial charge on any atom is 0.573 e. The number of nitrogen functional groups attached to an aromatic ring is 1. The Labute approximate surface area is 87.6 Å². The van der Waals surface area contributed by atoms with Gasteiger partial charge in [-0.1, -0.05) is 0 Å². The van der Waals surface area contributed by atoms with E-state index in [0.717, 1.165) is 6.07 Å². The van der Waals surface area contributed by atoms with Gasteiger partial charge in [-0.2, -0.15) is 0 Å². The first kappa shape index (κ1) is 11.9. The lowest BCUT2D eigenvalue weighted by molar-refractivity contribution is -0.274. The van der Waals surface area contributed by atoms with E-state index in [2.05, 4.69) is 4.74 Å². The number of rotatable bonds is 2. The largest absolute Gasteiger partial charge is 0.573 e. The third-order valence-electron chi connectivity index (χ3n) is 1.56. The zero-order chi connectivity index (χ0) is 11.6. The Morgan fingerprint density at radius 2 is 1.93 bits per heavy atom. The van der Waals surface area contributed by atoms with Crippen LogP contribution in [0.2, 0.25) is 0 Å². The van der Waals surface area contributed by atoms with Crippen molar-refractivity contribution in [2.45, 2.75) is 12.2 Å². The van der Waals surface area contributed by atoms with E-state index in [1.54, 1.807) is 0 Å². The summed E-state index contributed by atoms with van der Waals surface area (Å²) in [6.07, 6.45) is -4.91. The highest BCUT2D eigenvalue weighted by Gasteiger charge is 2.32. The molecule has 0 heterocycles. The van der Waals surface area contributed by atoms with Crippen molar-refractivity contribution in [2.24, 2.45) is 0 Å². The zero-order valence-electron chi connectivity index (χ0n) is 7.24. The van der Waals surface area contributed by atoms with Crippen LogP contribution in [0.15, 0.2) is 12.1 Å². The summed E-state index contributed by atoms with van der Waals surface area (Å²) in [5, 5.41) is 0. The lowest BCUT2D eigenvalue weighted by Crippen LogP contribution is -2.18. The van der Waals surface area contributed by atoms with Gasteiger partial charge in [0.1, 0.15) is 5.82 Å². The SMILES string of the molecule is Nc1c(CCl)cc(F)cc1OC(F)(F)F. The van der Waals surface area contributed by atoms with Crippen molar-refractivity contribution in [1.82, 2.24) is 0 Å². The predicted octanol–water partition coefficient (Wildman–Crippen LogP) is 3.05. The van der Waals surface area contributed by atoms with Gasteiger partial charge in [0.2, 0.25) is 0 Å². The fourth-order valence-corrected chi connectivity index (χ4v) is 1.19. The average molecular weight is 244 g/mol. The van der Waals surface area contributed by atoms with Crippen molar-refractivity contribution in [3.8, 4) is 5.75 Å². The van der Waals surface area contributed by atoms with Crippen molar-refractivity contribution >= 4 is 17.3 Å². The van der Waals surface area contributed by atoms with Crippen molar-refractivity contribution < 1.29 is 22.3 Å². The number of hydrogen-bond donors (Lipinski definition) is 1. The third kappa shape index (κ3) is 3.16. The molecule has 2 nitrogen and oxygen atoms in total. The van der Waals surface area contributed by atoms with Crippen LogP contribution in [0.25, 0.3) is 0 Å². The normalized spacial score (nSPS) is 11.5. The van der Waals surface area contributed by atoms with Gasteiger partial charge in [0.15, 0.2) is 5.75 Å². The molecule has 0 aromatic heterocycles. The lowest BCUT2D eigenvalue weighted by atomic mass is 10.2. The van der Waals surface area contributed by atoms with Gasteiger partial charge in [0, 0.05) is 11.9 Å². The summed E-state index contributed by atoms with van der Waals surface area (Å²) in [4.78, 5) is 0. The molecule has 0 amide bonds. The van der Waals surface area contributed by atoms with Gasteiger partial charge >= 0.3 is 6.36 Å². The predicted molar refractivity (Wildman–Crippen MR) is 47.1 cm³/mol. The Balaban J connectivity index is 3.12. The summed E-state index contributed by atoms with van der Waals surface area (Å²) >= 11 is 5.36. The standard InChI is InChI=1S/C8H6ClF4NO/c9-3-4-1-5(10)2-6(7(4)14)15-8(11,12)13/h1-2H,3,14H2. The summed E-state index contributed by atoms with van der Waals surface area (Å²) in [5.41, 5.74) is 5.03. The number of benzene rings is 1. The van der Waals surface area contributed by atoms with E-state index in [-0.39, 0.29) is 17.1 Å². The summed E-state index contributed by atoms with van der Waals surface area (Å²) in [6, 6.07) is 1.50. The van der Waals surface area contributed by atoms with Gasteiger partial charge in [-0.3, -0.25) is 0 Å². The molecule has 1 aromatic rings. The molecule has 0 aliphatic carbocycles. The van der Waals surface area contributed by atoms with E-state index in [1.807, 2.05) is 0 Å². The van der Waals surface area contributed by atoms with Crippen LogP contribution < -0.4 is 10.5 Å². The quantitative estimate of drug-likeness (QED) is 0.492. The van der Waals surface area contributed by atoms with Crippen molar-refractivity contribution in [3.05, 3.63) is 23.5 Å². The van der Waals surface area contributed by atoms with Gasteiger partial charge in [0.05, 0.1) is 5.69 Å². The second kappa shape index (κ2) is 4.14. The summed E-state index contributed by atoms with van der Waals surface area (Å²) in [7, 11) is 0. The Bertz CT molecular complexity index is 366. The molecule has 7 heteroatoms.